The molecule has 0 bridgehead atoms. The van der Waals surface area contributed by atoms with Crippen LogP contribution in [0.15, 0.2) is 24.5 Å². The molecular weight excluding hydrogens is 243 g/mol. The zero-order valence-corrected chi connectivity index (χ0v) is 10.7. The number of nitrogens with two attached hydrogens (primary N) is 1. The van der Waals surface area contributed by atoms with Crippen LogP contribution in [0.5, 0.6) is 0 Å². The molecule has 1 aromatic heterocycles. The highest BCUT2D eigenvalue weighted by Crippen LogP contribution is 2.32. The first-order valence-electron chi connectivity index (χ1n) is 6.70. The van der Waals surface area contributed by atoms with E-state index in [9.17, 15) is 4.39 Å². The predicted molar refractivity (Wildman–Crippen MR) is 72.0 cm³/mol. The van der Waals surface area contributed by atoms with Gasteiger partial charge in [0.05, 0.1) is 5.56 Å². The van der Waals surface area contributed by atoms with E-state index < -0.39 is 0 Å². The lowest BCUT2D eigenvalue weighted by molar-refractivity contribution is 0.354. The minimum Gasteiger partial charge on any atom is -0.399 e. The summed E-state index contributed by atoms with van der Waals surface area (Å²) in [6.07, 6.45) is 7.65. The van der Waals surface area contributed by atoms with Crippen molar-refractivity contribution in [2.45, 2.75) is 38.1 Å². The number of rotatable bonds is 2. The lowest BCUT2D eigenvalue weighted by Gasteiger charge is -2.24. The number of aromatic nitrogens is 3. The van der Waals surface area contributed by atoms with Crippen LogP contribution >= 0.6 is 0 Å². The molecule has 1 saturated carbocycles. The van der Waals surface area contributed by atoms with E-state index in [1.165, 1.54) is 25.3 Å². The molecule has 0 atom stereocenters. The second-order valence-electron chi connectivity index (χ2n) is 5.09. The lowest BCUT2D eigenvalue weighted by Crippen LogP contribution is -2.13. The highest BCUT2D eigenvalue weighted by Gasteiger charge is 2.20. The van der Waals surface area contributed by atoms with Crippen molar-refractivity contribution in [2.24, 2.45) is 0 Å². The molecule has 0 saturated heterocycles. The Labute approximate surface area is 111 Å². The number of nitrogens with zero attached hydrogens (tertiary/aromatic N) is 3. The van der Waals surface area contributed by atoms with E-state index in [4.69, 9.17) is 5.73 Å². The fraction of sp³-hybridized carbons (Fsp3) is 0.429. The summed E-state index contributed by atoms with van der Waals surface area (Å²) in [6.45, 7) is 0. The smallest absolute Gasteiger partial charge is 0.166 e. The number of nitrogen functional groups attached to an aromatic ring is 1. The maximum atomic E-state index is 14.0. The zero-order valence-electron chi connectivity index (χ0n) is 10.7. The summed E-state index contributed by atoms with van der Waals surface area (Å²) < 4.78 is 16.0. The lowest BCUT2D eigenvalue weighted by atomic mass is 9.95. The van der Waals surface area contributed by atoms with Gasteiger partial charge in [-0.1, -0.05) is 19.3 Å². The normalized spacial score (nSPS) is 16.7. The third kappa shape index (κ3) is 2.32. The quantitative estimate of drug-likeness (QED) is 0.844. The van der Waals surface area contributed by atoms with E-state index in [1.807, 2.05) is 4.57 Å². The van der Waals surface area contributed by atoms with Crippen LogP contribution in [0.4, 0.5) is 10.1 Å². The fourth-order valence-electron chi connectivity index (χ4n) is 2.77. The molecule has 0 amide bonds. The van der Waals surface area contributed by atoms with Crippen LogP contribution in [0.3, 0.4) is 0 Å². The van der Waals surface area contributed by atoms with Crippen LogP contribution in [0, 0.1) is 5.82 Å². The summed E-state index contributed by atoms with van der Waals surface area (Å²) in [6, 6.07) is 5.08. The number of benzene rings is 1. The van der Waals surface area contributed by atoms with Crippen LogP contribution in [-0.4, -0.2) is 14.8 Å². The van der Waals surface area contributed by atoms with Gasteiger partial charge in [0.2, 0.25) is 0 Å². The van der Waals surface area contributed by atoms with Crippen molar-refractivity contribution >= 4 is 5.69 Å². The van der Waals surface area contributed by atoms with Crippen molar-refractivity contribution in [3.63, 3.8) is 0 Å². The van der Waals surface area contributed by atoms with Gasteiger partial charge in [-0.05, 0) is 31.0 Å². The Bertz CT molecular complexity index is 573. The molecular formula is C14H17FN4. The molecule has 0 aliphatic heterocycles. The van der Waals surface area contributed by atoms with Gasteiger partial charge in [0.15, 0.2) is 5.82 Å². The van der Waals surface area contributed by atoms with Gasteiger partial charge in [0.25, 0.3) is 0 Å². The minimum atomic E-state index is -0.343. The van der Waals surface area contributed by atoms with Crippen molar-refractivity contribution in [1.82, 2.24) is 14.8 Å². The van der Waals surface area contributed by atoms with E-state index >= 15 is 0 Å². The van der Waals surface area contributed by atoms with Crippen molar-refractivity contribution in [3.05, 3.63) is 30.3 Å². The van der Waals surface area contributed by atoms with Crippen molar-refractivity contribution < 1.29 is 4.39 Å². The number of anilines is 1. The summed E-state index contributed by atoms with van der Waals surface area (Å²) in [4.78, 5) is 0. The Balaban J connectivity index is 1.99. The van der Waals surface area contributed by atoms with E-state index in [0.29, 0.717) is 23.1 Å². The standard InChI is InChI=1S/C14H17FN4/c15-13-8-10(16)6-7-12(13)14-18-17-9-19(14)11-4-2-1-3-5-11/h6-9,11H,1-5,16H2. The SMILES string of the molecule is Nc1ccc(-c2nncn2C2CCCCC2)c(F)c1. The van der Waals surface area contributed by atoms with Crippen LogP contribution in [0.2, 0.25) is 0 Å². The van der Waals surface area contributed by atoms with Crippen molar-refractivity contribution in [3.8, 4) is 11.4 Å². The predicted octanol–water partition coefficient (Wildman–Crippen LogP) is 3.17. The molecule has 1 aliphatic carbocycles. The van der Waals surface area contributed by atoms with E-state index in [0.717, 1.165) is 12.8 Å². The molecule has 1 aliphatic rings. The Morgan fingerprint density at radius 2 is 2.00 bits per heavy atom. The summed E-state index contributed by atoms with van der Waals surface area (Å²) >= 11 is 0. The van der Waals surface area contributed by atoms with Crippen LogP contribution in [0.25, 0.3) is 11.4 Å². The first-order chi connectivity index (χ1) is 9.25. The summed E-state index contributed by atoms with van der Waals surface area (Å²) in [5.41, 5.74) is 6.47. The Morgan fingerprint density at radius 3 is 2.74 bits per heavy atom. The van der Waals surface area contributed by atoms with E-state index in [-0.39, 0.29) is 5.82 Å². The number of hydrogen-bond donors (Lipinski definition) is 1. The van der Waals surface area contributed by atoms with Crippen molar-refractivity contribution in [1.29, 1.82) is 0 Å². The Hall–Kier alpha value is -1.91. The summed E-state index contributed by atoms with van der Waals surface area (Å²) in [5, 5.41) is 8.04. The summed E-state index contributed by atoms with van der Waals surface area (Å²) in [5.74, 6) is 0.259. The second-order valence-corrected chi connectivity index (χ2v) is 5.09. The van der Waals surface area contributed by atoms with Gasteiger partial charge in [-0.3, -0.25) is 0 Å². The fourth-order valence-corrected chi connectivity index (χ4v) is 2.77. The average Bonchev–Trinajstić information content (AvgIpc) is 2.89. The van der Waals surface area contributed by atoms with Crippen LogP contribution in [-0.2, 0) is 0 Å². The number of hydrogen-bond acceptors (Lipinski definition) is 3. The molecule has 1 aromatic carbocycles. The molecule has 0 radical (unpaired) electrons. The van der Waals surface area contributed by atoms with E-state index in [1.54, 1.807) is 18.5 Å². The third-order valence-corrected chi connectivity index (χ3v) is 3.78. The maximum absolute atomic E-state index is 14.0. The molecule has 2 N–H and O–H groups in total. The van der Waals surface area contributed by atoms with Gasteiger partial charge in [0.1, 0.15) is 12.1 Å². The van der Waals surface area contributed by atoms with Crippen LogP contribution in [0.1, 0.15) is 38.1 Å². The first kappa shape index (κ1) is 12.1. The molecule has 0 unspecified atom stereocenters. The first-order valence-corrected chi connectivity index (χ1v) is 6.70. The molecule has 0 spiro atoms. The van der Waals surface area contributed by atoms with Crippen LogP contribution < -0.4 is 5.73 Å². The largest absolute Gasteiger partial charge is 0.399 e. The van der Waals surface area contributed by atoms with Gasteiger partial charge in [0, 0.05) is 11.7 Å². The maximum Gasteiger partial charge on any atom is 0.166 e. The second kappa shape index (κ2) is 4.99. The van der Waals surface area contributed by atoms with Crippen molar-refractivity contribution in [2.75, 3.05) is 5.73 Å². The van der Waals surface area contributed by atoms with Gasteiger partial charge in [-0.2, -0.15) is 0 Å². The van der Waals surface area contributed by atoms with E-state index in [2.05, 4.69) is 10.2 Å². The molecule has 19 heavy (non-hydrogen) atoms. The molecule has 1 heterocycles. The molecule has 5 heteroatoms. The average molecular weight is 260 g/mol. The Morgan fingerprint density at radius 1 is 1.21 bits per heavy atom. The number of halogens is 1. The topological polar surface area (TPSA) is 56.7 Å². The van der Waals surface area contributed by atoms with Gasteiger partial charge >= 0.3 is 0 Å². The molecule has 3 rings (SSSR count). The highest BCUT2D eigenvalue weighted by atomic mass is 19.1. The summed E-state index contributed by atoms with van der Waals surface area (Å²) in [7, 11) is 0. The zero-order chi connectivity index (χ0) is 13.2. The van der Waals surface area contributed by atoms with Gasteiger partial charge < -0.3 is 10.3 Å². The van der Waals surface area contributed by atoms with Gasteiger partial charge in [-0.15, -0.1) is 10.2 Å². The minimum absolute atomic E-state index is 0.343. The third-order valence-electron chi connectivity index (χ3n) is 3.78. The molecule has 100 valence electrons. The van der Waals surface area contributed by atoms with Gasteiger partial charge in [-0.25, -0.2) is 4.39 Å². The Kier molecular flexibility index (Phi) is 3.19. The molecule has 1 fully saturated rings. The highest BCUT2D eigenvalue weighted by molar-refractivity contribution is 5.60. The molecule has 2 aromatic rings. The molecule has 4 nitrogen and oxygen atoms in total. The monoisotopic (exact) mass is 260 g/mol.